The molecule has 31 heavy (non-hydrogen) atoms. The molecule has 0 unspecified atom stereocenters. The summed E-state index contributed by atoms with van der Waals surface area (Å²) in [7, 11) is -2.38. The molecule has 0 bridgehead atoms. The van der Waals surface area contributed by atoms with Crippen molar-refractivity contribution in [1.82, 2.24) is 9.80 Å². The van der Waals surface area contributed by atoms with Crippen molar-refractivity contribution in [2.75, 3.05) is 44.1 Å². The Morgan fingerprint density at radius 3 is 2.29 bits per heavy atom. The topological polar surface area (TPSA) is 87.2 Å². The molecule has 4 rings (SSSR count). The van der Waals surface area contributed by atoms with E-state index in [0.29, 0.717) is 50.6 Å². The molecule has 0 spiro atoms. The number of para-hydroxylation sites is 1. The van der Waals surface area contributed by atoms with Gasteiger partial charge in [0.15, 0.2) is 0 Å². The maximum Gasteiger partial charge on any atom is 0.264 e. The van der Waals surface area contributed by atoms with E-state index in [2.05, 4.69) is 0 Å². The number of sulfonamides is 1. The van der Waals surface area contributed by atoms with E-state index in [9.17, 15) is 18.0 Å². The lowest BCUT2D eigenvalue weighted by Gasteiger charge is -2.34. The number of ether oxygens (including phenoxy) is 1. The van der Waals surface area contributed by atoms with Crippen molar-refractivity contribution in [2.45, 2.75) is 18.2 Å². The highest BCUT2D eigenvalue weighted by Crippen LogP contribution is 2.34. The van der Waals surface area contributed by atoms with Crippen molar-refractivity contribution in [3.05, 3.63) is 53.6 Å². The summed E-state index contributed by atoms with van der Waals surface area (Å²) in [5, 5.41) is 0. The Hall–Kier alpha value is -3.07. The fraction of sp³-hybridized carbons (Fsp3) is 0.364. The number of nitrogens with zero attached hydrogens (tertiary/aromatic N) is 3. The Bertz CT molecular complexity index is 1120. The summed E-state index contributed by atoms with van der Waals surface area (Å²) in [4.78, 5) is 28.1. The average molecular weight is 444 g/mol. The monoisotopic (exact) mass is 443 g/mol. The smallest absolute Gasteiger partial charge is 0.264 e. The van der Waals surface area contributed by atoms with Crippen LogP contribution in [-0.4, -0.2) is 69.9 Å². The third-order valence-corrected chi connectivity index (χ3v) is 7.66. The third kappa shape index (κ3) is 3.85. The van der Waals surface area contributed by atoms with Gasteiger partial charge in [-0.2, -0.15) is 0 Å². The minimum Gasteiger partial charge on any atom is -0.496 e. The number of fused-ring (bicyclic) bond motifs is 1. The number of amides is 2. The van der Waals surface area contributed by atoms with Gasteiger partial charge in [-0.15, -0.1) is 0 Å². The van der Waals surface area contributed by atoms with E-state index in [1.165, 1.54) is 36.5 Å². The Labute approximate surface area is 182 Å². The summed E-state index contributed by atoms with van der Waals surface area (Å²) in [6.45, 7) is 3.54. The number of rotatable bonds is 4. The predicted octanol–water partition coefficient (Wildman–Crippen LogP) is 1.75. The second-order valence-corrected chi connectivity index (χ2v) is 9.48. The maximum atomic E-state index is 13.4. The molecular formula is C22H25N3O5S. The number of piperazine rings is 1. The highest BCUT2D eigenvalue weighted by Gasteiger charge is 2.32. The van der Waals surface area contributed by atoms with Gasteiger partial charge in [0, 0.05) is 39.6 Å². The quantitative estimate of drug-likeness (QED) is 0.719. The molecule has 1 saturated heterocycles. The van der Waals surface area contributed by atoms with Gasteiger partial charge in [0.25, 0.3) is 15.9 Å². The normalized spacial score (nSPS) is 16.3. The van der Waals surface area contributed by atoms with Crippen LogP contribution in [0.4, 0.5) is 5.69 Å². The number of methoxy groups -OCH3 is 1. The standard InChI is InChI=1S/C22H25N3O5S/c1-16(26)23-11-13-24(14-12-23)22(27)19-15-18(7-8-21(19)30-2)31(28,29)25-10-9-17-5-3-4-6-20(17)25/h3-8,15H,9-14H2,1-2H3. The molecule has 0 aliphatic carbocycles. The predicted molar refractivity (Wildman–Crippen MR) is 116 cm³/mol. The molecule has 2 aromatic carbocycles. The van der Waals surface area contributed by atoms with E-state index >= 15 is 0 Å². The fourth-order valence-electron chi connectivity index (χ4n) is 4.09. The lowest BCUT2D eigenvalue weighted by Crippen LogP contribution is -2.50. The Kier molecular flexibility index (Phi) is 5.62. The average Bonchev–Trinajstić information content (AvgIpc) is 3.23. The van der Waals surface area contributed by atoms with Crippen LogP contribution < -0.4 is 9.04 Å². The summed E-state index contributed by atoms with van der Waals surface area (Å²) in [6, 6.07) is 11.8. The Morgan fingerprint density at radius 2 is 1.61 bits per heavy atom. The third-order valence-electron chi connectivity index (χ3n) is 5.85. The molecule has 0 N–H and O–H groups in total. The van der Waals surface area contributed by atoms with Crippen molar-refractivity contribution in [1.29, 1.82) is 0 Å². The van der Waals surface area contributed by atoms with Crippen LogP contribution in [0.2, 0.25) is 0 Å². The van der Waals surface area contributed by atoms with Crippen LogP contribution in [-0.2, 0) is 21.2 Å². The molecule has 164 valence electrons. The van der Waals surface area contributed by atoms with E-state index in [1.807, 2.05) is 18.2 Å². The molecule has 2 aliphatic rings. The van der Waals surface area contributed by atoms with Crippen molar-refractivity contribution < 1.29 is 22.7 Å². The highest BCUT2D eigenvalue weighted by atomic mass is 32.2. The van der Waals surface area contributed by atoms with Gasteiger partial charge in [0.2, 0.25) is 5.91 Å². The summed E-state index contributed by atoms with van der Waals surface area (Å²) in [6.07, 6.45) is 0.651. The molecule has 2 aliphatic heterocycles. The molecule has 0 atom stereocenters. The van der Waals surface area contributed by atoms with Crippen molar-refractivity contribution in [3.8, 4) is 5.75 Å². The minimum absolute atomic E-state index is 0.0244. The number of carbonyl (C=O) groups is 2. The molecule has 9 heteroatoms. The van der Waals surface area contributed by atoms with Crippen LogP contribution in [0.3, 0.4) is 0 Å². The molecule has 1 fully saturated rings. The molecule has 0 saturated carbocycles. The molecule has 0 radical (unpaired) electrons. The number of hydrogen-bond donors (Lipinski definition) is 0. The van der Waals surface area contributed by atoms with E-state index < -0.39 is 10.0 Å². The lowest BCUT2D eigenvalue weighted by atomic mass is 10.1. The molecule has 2 aromatic rings. The van der Waals surface area contributed by atoms with Crippen LogP contribution in [0.1, 0.15) is 22.8 Å². The first-order valence-corrected chi connectivity index (χ1v) is 11.6. The second kappa shape index (κ2) is 8.22. The fourth-order valence-corrected chi connectivity index (χ4v) is 5.62. The summed E-state index contributed by atoms with van der Waals surface area (Å²) >= 11 is 0. The van der Waals surface area contributed by atoms with Crippen molar-refractivity contribution in [2.24, 2.45) is 0 Å². The second-order valence-electron chi connectivity index (χ2n) is 7.62. The SMILES string of the molecule is COc1ccc(S(=O)(=O)N2CCc3ccccc32)cc1C(=O)N1CCN(C(C)=O)CC1. The molecular weight excluding hydrogens is 418 g/mol. The van der Waals surface area contributed by atoms with E-state index in [0.717, 1.165) is 5.56 Å². The van der Waals surface area contributed by atoms with E-state index in [4.69, 9.17) is 4.74 Å². The van der Waals surface area contributed by atoms with Gasteiger partial charge < -0.3 is 14.5 Å². The molecule has 2 heterocycles. The maximum absolute atomic E-state index is 13.4. The van der Waals surface area contributed by atoms with Gasteiger partial charge in [0.1, 0.15) is 5.75 Å². The summed E-state index contributed by atoms with van der Waals surface area (Å²) in [5.74, 6) is -0.0117. The van der Waals surface area contributed by atoms with Crippen LogP contribution in [0.5, 0.6) is 5.75 Å². The van der Waals surface area contributed by atoms with E-state index in [1.54, 1.807) is 15.9 Å². The van der Waals surface area contributed by atoms with Crippen molar-refractivity contribution >= 4 is 27.5 Å². The van der Waals surface area contributed by atoms with Crippen LogP contribution in [0, 0.1) is 0 Å². The summed E-state index contributed by atoms with van der Waals surface area (Å²) < 4.78 is 33.5. The zero-order valence-corrected chi connectivity index (χ0v) is 18.4. The lowest BCUT2D eigenvalue weighted by molar-refractivity contribution is -0.130. The van der Waals surface area contributed by atoms with Gasteiger partial charge in [-0.1, -0.05) is 18.2 Å². The van der Waals surface area contributed by atoms with Crippen LogP contribution >= 0.6 is 0 Å². The van der Waals surface area contributed by atoms with Gasteiger partial charge in [-0.25, -0.2) is 8.42 Å². The highest BCUT2D eigenvalue weighted by molar-refractivity contribution is 7.92. The number of benzene rings is 2. The van der Waals surface area contributed by atoms with Crippen LogP contribution in [0.15, 0.2) is 47.4 Å². The largest absolute Gasteiger partial charge is 0.496 e. The van der Waals surface area contributed by atoms with Gasteiger partial charge in [0.05, 0.1) is 23.3 Å². The van der Waals surface area contributed by atoms with Crippen LogP contribution in [0.25, 0.3) is 0 Å². The Morgan fingerprint density at radius 1 is 0.935 bits per heavy atom. The number of anilines is 1. The number of hydrogen-bond acceptors (Lipinski definition) is 5. The first-order chi connectivity index (χ1) is 14.8. The first kappa shape index (κ1) is 21.2. The van der Waals surface area contributed by atoms with E-state index in [-0.39, 0.29) is 22.3 Å². The molecule has 0 aromatic heterocycles. The van der Waals surface area contributed by atoms with Gasteiger partial charge in [-0.3, -0.25) is 13.9 Å². The summed E-state index contributed by atoms with van der Waals surface area (Å²) in [5.41, 5.74) is 1.86. The minimum atomic E-state index is -3.83. The molecule has 8 nitrogen and oxygen atoms in total. The Balaban J connectivity index is 1.64. The number of carbonyl (C=O) groups excluding carboxylic acids is 2. The van der Waals surface area contributed by atoms with Crippen molar-refractivity contribution in [3.63, 3.8) is 0 Å². The van der Waals surface area contributed by atoms with Gasteiger partial charge in [-0.05, 0) is 36.2 Å². The zero-order valence-electron chi connectivity index (χ0n) is 17.6. The zero-order chi connectivity index (χ0) is 22.2. The van der Waals surface area contributed by atoms with Gasteiger partial charge >= 0.3 is 0 Å². The first-order valence-electron chi connectivity index (χ1n) is 10.2. The molecule has 2 amide bonds.